The van der Waals surface area contributed by atoms with Gasteiger partial charge in [-0.25, -0.2) is 8.42 Å². The van der Waals surface area contributed by atoms with Crippen molar-refractivity contribution in [1.29, 1.82) is 0 Å². The third kappa shape index (κ3) is 3.28. The summed E-state index contributed by atoms with van der Waals surface area (Å²) in [5.74, 6) is 0.400. The molecule has 2 fully saturated rings. The van der Waals surface area contributed by atoms with Gasteiger partial charge in [-0.3, -0.25) is 4.90 Å². The maximum atomic E-state index is 12.6. The Labute approximate surface area is 136 Å². The van der Waals surface area contributed by atoms with E-state index in [0.717, 1.165) is 26.1 Å². The van der Waals surface area contributed by atoms with Crippen molar-refractivity contribution in [2.24, 2.45) is 5.92 Å². The van der Waals surface area contributed by atoms with Crippen LogP contribution >= 0.6 is 11.3 Å². The van der Waals surface area contributed by atoms with Gasteiger partial charge in [-0.2, -0.15) is 4.31 Å². The van der Waals surface area contributed by atoms with E-state index < -0.39 is 10.0 Å². The number of thiophene rings is 1. The number of fused-ring (bicyclic) bond motifs is 1. The number of nitrogens with zero attached hydrogens (tertiary/aromatic N) is 2. The summed E-state index contributed by atoms with van der Waals surface area (Å²) in [4.78, 5) is 2.33. The lowest BCUT2D eigenvalue weighted by Crippen LogP contribution is -2.48. The van der Waals surface area contributed by atoms with E-state index in [1.54, 1.807) is 21.8 Å². The molecule has 0 N–H and O–H groups in total. The molecule has 2 saturated heterocycles. The van der Waals surface area contributed by atoms with Crippen LogP contribution in [0.2, 0.25) is 0 Å². The van der Waals surface area contributed by atoms with E-state index in [4.69, 9.17) is 4.74 Å². The molecular formula is C15H22N2O3S2. The van der Waals surface area contributed by atoms with Gasteiger partial charge in [0, 0.05) is 38.6 Å². The summed E-state index contributed by atoms with van der Waals surface area (Å²) in [6.07, 6.45) is 2.76. The fraction of sp³-hybridized carbons (Fsp3) is 0.600. The van der Waals surface area contributed by atoms with E-state index in [2.05, 4.69) is 11.5 Å². The number of piperidine rings is 1. The Balaban J connectivity index is 1.70. The second-order valence-corrected chi connectivity index (χ2v) is 8.91. The van der Waals surface area contributed by atoms with Gasteiger partial charge in [0.05, 0.1) is 12.7 Å². The van der Waals surface area contributed by atoms with Crippen molar-refractivity contribution >= 4 is 21.4 Å². The van der Waals surface area contributed by atoms with Crippen LogP contribution in [0.5, 0.6) is 0 Å². The molecule has 0 saturated carbocycles. The zero-order valence-electron chi connectivity index (χ0n) is 12.6. The van der Waals surface area contributed by atoms with Crippen LogP contribution in [-0.2, 0) is 14.8 Å². The standard InChI is InChI=1S/C15H22N2O3S2/c1-2-6-16-8-9-20-14-12-17(7-5-13(14)11-16)22(18,19)15-4-3-10-21-15/h2-4,10,13-14H,1,5-9,11-12H2/t13-,14+/m1/s1. The normalized spacial score (nSPS) is 28.0. The molecule has 2 aliphatic rings. The average molecular weight is 342 g/mol. The molecule has 0 aliphatic carbocycles. The van der Waals surface area contributed by atoms with Gasteiger partial charge in [-0.15, -0.1) is 17.9 Å². The average Bonchev–Trinajstić information content (AvgIpc) is 2.96. The van der Waals surface area contributed by atoms with E-state index in [9.17, 15) is 8.42 Å². The van der Waals surface area contributed by atoms with Gasteiger partial charge in [0.1, 0.15) is 4.21 Å². The molecule has 3 rings (SSSR count). The van der Waals surface area contributed by atoms with E-state index >= 15 is 0 Å². The SMILES string of the molecule is C=CCN1CCO[C@H]2CN(S(=O)(=O)c3cccs3)CC[C@@H]2C1. The van der Waals surface area contributed by atoms with Gasteiger partial charge < -0.3 is 4.74 Å². The first kappa shape index (κ1) is 16.1. The maximum absolute atomic E-state index is 12.6. The van der Waals surface area contributed by atoms with Crippen molar-refractivity contribution in [3.8, 4) is 0 Å². The smallest absolute Gasteiger partial charge is 0.252 e. The van der Waals surface area contributed by atoms with Crippen molar-refractivity contribution in [3.05, 3.63) is 30.2 Å². The molecule has 3 heterocycles. The molecule has 2 atom stereocenters. The number of rotatable bonds is 4. The highest BCUT2D eigenvalue weighted by atomic mass is 32.2. The predicted molar refractivity (Wildman–Crippen MR) is 87.6 cm³/mol. The highest BCUT2D eigenvalue weighted by molar-refractivity contribution is 7.91. The quantitative estimate of drug-likeness (QED) is 0.781. The lowest BCUT2D eigenvalue weighted by molar-refractivity contribution is -0.00185. The first-order valence-electron chi connectivity index (χ1n) is 7.60. The summed E-state index contributed by atoms with van der Waals surface area (Å²) in [7, 11) is -3.36. The van der Waals surface area contributed by atoms with E-state index in [0.29, 0.717) is 29.8 Å². The fourth-order valence-corrected chi connectivity index (χ4v) is 5.81. The molecule has 5 nitrogen and oxygen atoms in total. The van der Waals surface area contributed by atoms with Crippen molar-refractivity contribution < 1.29 is 13.2 Å². The molecule has 0 amide bonds. The minimum atomic E-state index is -3.36. The Kier molecular flexibility index (Phi) is 4.99. The zero-order valence-corrected chi connectivity index (χ0v) is 14.2. The molecule has 1 aromatic rings. The van der Waals surface area contributed by atoms with Gasteiger partial charge in [0.2, 0.25) is 0 Å². The maximum Gasteiger partial charge on any atom is 0.252 e. The largest absolute Gasteiger partial charge is 0.375 e. The molecule has 0 spiro atoms. The first-order chi connectivity index (χ1) is 10.6. The van der Waals surface area contributed by atoms with Gasteiger partial charge in [-0.05, 0) is 17.9 Å². The van der Waals surface area contributed by atoms with Crippen LogP contribution in [0.15, 0.2) is 34.4 Å². The van der Waals surface area contributed by atoms with Crippen molar-refractivity contribution in [2.45, 2.75) is 16.7 Å². The second kappa shape index (κ2) is 6.80. The molecule has 1 aromatic heterocycles. The molecular weight excluding hydrogens is 320 g/mol. The molecule has 122 valence electrons. The van der Waals surface area contributed by atoms with Crippen LogP contribution in [0.3, 0.4) is 0 Å². The Morgan fingerprint density at radius 2 is 2.27 bits per heavy atom. The molecule has 0 radical (unpaired) electrons. The monoisotopic (exact) mass is 342 g/mol. The highest BCUT2D eigenvalue weighted by Crippen LogP contribution is 2.29. The van der Waals surface area contributed by atoms with Crippen molar-refractivity contribution in [2.75, 3.05) is 39.3 Å². The summed E-state index contributed by atoms with van der Waals surface area (Å²) < 4.78 is 33.2. The lowest BCUT2D eigenvalue weighted by atomic mass is 9.94. The summed E-state index contributed by atoms with van der Waals surface area (Å²) in [5.41, 5.74) is 0. The molecule has 0 unspecified atom stereocenters. The van der Waals surface area contributed by atoms with E-state index in [1.807, 2.05) is 6.08 Å². The molecule has 0 aromatic carbocycles. The van der Waals surface area contributed by atoms with E-state index in [1.165, 1.54) is 11.3 Å². The first-order valence-corrected chi connectivity index (χ1v) is 9.92. The predicted octanol–water partition coefficient (Wildman–Crippen LogP) is 1.65. The van der Waals surface area contributed by atoms with Crippen LogP contribution in [0.25, 0.3) is 0 Å². The van der Waals surface area contributed by atoms with Gasteiger partial charge in [0.25, 0.3) is 10.0 Å². The van der Waals surface area contributed by atoms with Crippen molar-refractivity contribution in [1.82, 2.24) is 9.21 Å². The van der Waals surface area contributed by atoms with Gasteiger partial charge >= 0.3 is 0 Å². The lowest BCUT2D eigenvalue weighted by Gasteiger charge is -2.37. The number of hydrogen-bond acceptors (Lipinski definition) is 5. The number of ether oxygens (including phenoxy) is 1. The van der Waals surface area contributed by atoms with Crippen LogP contribution in [-0.4, -0.2) is 63.1 Å². The zero-order chi connectivity index (χ0) is 15.6. The second-order valence-electron chi connectivity index (χ2n) is 5.80. The Morgan fingerprint density at radius 3 is 3.00 bits per heavy atom. The summed E-state index contributed by atoms with van der Waals surface area (Å²) in [6.45, 7) is 8.20. The summed E-state index contributed by atoms with van der Waals surface area (Å²) in [5, 5.41) is 1.80. The minimum absolute atomic E-state index is 0.00157. The Bertz CT molecular complexity index is 600. The molecule has 22 heavy (non-hydrogen) atoms. The van der Waals surface area contributed by atoms with Gasteiger partial charge in [0.15, 0.2) is 0 Å². The third-order valence-electron chi connectivity index (χ3n) is 4.37. The number of sulfonamides is 1. The molecule has 2 aliphatic heterocycles. The number of hydrogen-bond donors (Lipinski definition) is 0. The Hall–Kier alpha value is -0.730. The molecule has 7 heteroatoms. The Morgan fingerprint density at radius 1 is 1.41 bits per heavy atom. The summed E-state index contributed by atoms with van der Waals surface area (Å²) in [6, 6.07) is 3.45. The topological polar surface area (TPSA) is 49.9 Å². The fourth-order valence-electron chi connectivity index (χ4n) is 3.19. The van der Waals surface area contributed by atoms with Crippen molar-refractivity contribution in [3.63, 3.8) is 0 Å². The third-order valence-corrected chi connectivity index (χ3v) is 7.61. The van der Waals surface area contributed by atoms with Crippen LogP contribution < -0.4 is 0 Å². The van der Waals surface area contributed by atoms with Crippen LogP contribution in [0, 0.1) is 5.92 Å². The van der Waals surface area contributed by atoms with Gasteiger partial charge in [-0.1, -0.05) is 12.1 Å². The highest BCUT2D eigenvalue weighted by Gasteiger charge is 2.38. The van der Waals surface area contributed by atoms with Crippen LogP contribution in [0.4, 0.5) is 0 Å². The summed E-state index contributed by atoms with van der Waals surface area (Å²) >= 11 is 1.27. The molecule has 0 bridgehead atoms. The van der Waals surface area contributed by atoms with E-state index in [-0.39, 0.29) is 6.10 Å². The van der Waals surface area contributed by atoms with Crippen LogP contribution in [0.1, 0.15) is 6.42 Å². The minimum Gasteiger partial charge on any atom is -0.375 e.